The van der Waals surface area contributed by atoms with Gasteiger partial charge in [0.15, 0.2) is 0 Å². The molecule has 0 amide bonds. The average Bonchev–Trinajstić information content (AvgIpc) is 3.18. The molecule has 18 heavy (non-hydrogen) atoms. The Hall–Kier alpha value is -0.0800. The van der Waals surface area contributed by atoms with Gasteiger partial charge in [0.25, 0.3) is 0 Å². The molecule has 1 N–H and O–H groups in total. The zero-order valence-corrected chi connectivity index (χ0v) is 12.1. The topological polar surface area (TPSA) is 32.8 Å². The lowest BCUT2D eigenvalue weighted by Crippen LogP contribution is -2.23. The minimum atomic E-state index is -0.108. The molecule has 2 aliphatic rings. The second-order valence-electron chi connectivity index (χ2n) is 6.75. The van der Waals surface area contributed by atoms with Crippen LogP contribution in [0.1, 0.15) is 65.2 Å². The molecule has 1 saturated carbocycles. The third kappa shape index (κ3) is 4.55. The number of ether oxygens (including phenoxy) is 1. The number of hydrogen-bond donors (Lipinski definition) is 1. The first-order valence-electron chi connectivity index (χ1n) is 7.96. The van der Waals surface area contributed by atoms with Crippen LogP contribution in [-0.2, 0) is 4.74 Å². The standard InChI is InChI=1S/C16H30O2/c1-12(2)15(16-11-18-16)10-14(17)9-8-13-6-4-3-5-7-13/h12-17H,3-11H2,1-2H3. The van der Waals surface area contributed by atoms with E-state index < -0.39 is 0 Å². The fourth-order valence-electron chi connectivity index (χ4n) is 3.49. The average molecular weight is 254 g/mol. The summed E-state index contributed by atoms with van der Waals surface area (Å²) >= 11 is 0. The van der Waals surface area contributed by atoms with Gasteiger partial charge in [-0.2, -0.15) is 0 Å². The van der Waals surface area contributed by atoms with Gasteiger partial charge in [-0.3, -0.25) is 0 Å². The Morgan fingerprint density at radius 1 is 1.17 bits per heavy atom. The highest BCUT2D eigenvalue weighted by molar-refractivity contribution is 4.83. The van der Waals surface area contributed by atoms with E-state index in [4.69, 9.17) is 4.74 Å². The van der Waals surface area contributed by atoms with E-state index in [1.165, 1.54) is 38.5 Å². The Morgan fingerprint density at radius 2 is 1.83 bits per heavy atom. The normalized spacial score (nSPS) is 28.3. The third-order valence-electron chi connectivity index (χ3n) is 4.87. The van der Waals surface area contributed by atoms with Crippen LogP contribution in [0.4, 0.5) is 0 Å². The summed E-state index contributed by atoms with van der Waals surface area (Å²) in [6.07, 6.45) is 10.5. The molecule has 0 bridgehead atoms. The van der Waals surface area contributed by atoms with Crippen molar-refractivity contribution in [3.63, 3.8) is 0 Å². The molecule has 1 aliphatic carbocycles. The van der Waals surface area contributed by atoms with Crippen molar-refractivity contribution in [2.45, 2.75) is 77.4 Å². The molecule has 2 rings (SSSR count). The molecule has 1 heterocycles. The molecule has 0 aromatic rings. The van der Waals surface area contributed by atoms with Gasteiger partial charge >= 0.3 is 0 Å². The van der Waals surface area contributed by atoms with Crippen molar-refractivity contribution in [2.75, 3.05) is 6.61 Å². The zero-order valence-electron chi connectivity index (χ0n) is 12.1. The molecular formula is C16H30O2. The molecule has 3 unspecified atom stereocenters. The van der Waals surface area contributed by atoms with Crippen molar-refractivity contribution in [3.05, 3.63) is 0 Å². The highest BCUT2D eigenvalue weighted by Gasteiger charge is 2.35. The van der Waals surface area contributed by atoms with Crippen LogP contribution in [0.15, 0.2) is 0 Å². The minimum Gasteiger partial charge on any atom is -0.393 e. The third-order valence-corrected chi connectivity index (χ3v) is 4.87. The SMILES string of the molecule is CC(C)C(CC(O)CCC1CCCCC1)C1CO1. The van der Waals surface area contributed by atoms with Gasteiger partial charge in [0.05, 0.1) is 18.8 Å². The zero-order chi connectivity index (χ0) is 13.0. The molecule has 2 nitrogen and oxygen atoms in total. The minimum absolute atomic E-state index is 0.108. The molecule has 1 aliphatic heterocycles. The first-order valence-corrected chi connectivity index (χ1v) is 7.96. The first kappa shape index (κ1) is 14.3. The Kier molecular flexibility index (Phi) is 5.50. The van der Waals surface area contributed by atoms with Gasteiger partial charge in [-0.05, 0) is 37.0 Å². The van der Waals surface area contributed by atoms with Crippen molar-refractivity contribution >= 4 is 0 Å². The van der Waals surface area contributed by atoms with Crippen LogP contribution >= 0.6 is 0 Å². The fourth-order valence-corrected chi connectivity index (χ4v) is 3.49. The summed E-state index contributed by atoms with van der Waals surface area (Å²) in [5, 5.41) is 10.2. The molecule has 3 atom stereocenters. The summed E-state index contributed by atoms with van der Waals surface area (Å²) in [5.74, 6) is 2.08. The molecule has 2 fully saturated rings. The molecule has 1 saturated heterocycles. The summed E-state index contributed by atoms with van der Waals surface area (Å²) < 4.78 is 5.42. The number of hydrogen-bond acceptors (Lipinski definition) is 2. The summed E-state index contributed by atoms with van der Waals surface area (Å²) in [6.45, 7) is 5.42. The van der Waals surface area contributed by atoms with E-state index in [-0.39, 0.29) is 6.10 Å². The van der Waals surface area contributed by atoms with Gasteiger partial charge in [0, 0.05) is 0 Å². The lowest BCUT2D eigenvalue weighted by Gasteiger charge is -2.25. The molecule has 0 aromatic carbocycles. The van der Waals surface area contributed by atoms with E-state index in [1.54, 1.807) is 0 Å². The maximum absolute atomic E-state index is 10.2. The molecule has 2 heteroatoms. The van der Waals surface area contributed by atoms with Crippen molar-refractivity contribution in [1.82, 2.24) is 0 Å². The lowest BCUT2D eigenvalue weighted by molar-refractivity contribution is 0.0995. The van der Waals surface area contributed by atoms with E-state index in [2.05, 4.69) is 13.8 Å². The molecule has 0 aromatic heterocycles. The van der Waals surface area contributed by atoms with Gasteiger partial charge in [-0.15, -0.1) is 0 Å². The second-order valence-corrected chi connectivity index (χ2v) is 6.75. The molecule has 0 radical (unpaired) electrons. The fraction of sp³-hybridized carbons (Fsp3) is 1.00. The summed E-state index contributed by atoms with van der Waals surface area (Å²) in [7, 11) is 0. The van der Waals surface area contributed by atoms with Crippen LogP contribution in [0.3, 0.4) is 0 Å². The Morgan fingerprint density at radius 3 is 2.39 bits per heavy atom. The van der Waals surface area contributed by atoms with Gasteiger partial charge < -0.3 is 9.84 Å². The summed E-state index contributed by atoms with van der Waals surface area (Å²) in [5.41, 5.74) is 0. The number of aliphatic hydroxyl groups excluding tert-OH is 1. The summed E-state index contributed by atoms with van der Waals surface area (Å²) in [4.78, 5) is 0. The quantitative estimate of drug-likeness (QED) is 0.701. The maximum atomic E-state index is 10.2. The molecule has 0 spiro atoms. The maximum Gasteiger partial charge on any atom is 0.0841 e. The van der Waals surface area contributed by atoms with Gasteiger partial charge in [0.1, 0.15) is 0 Å². The summed E-state index contributed by atoms with van der Waals surface area (Å²) in [6, 6.07) is 0. The van der Waals surface area contributed by atoms with Crippen molar-refractivity contribution in [1.29, 1.82) is 0 Å². The van der Waals surface area contributed by atoms with Crippen molar-refractivity contribution in [3.8, 4) is 0 Å². The van der Waals surface area contributed by atoms with Crippen LogP contribution in [0, 0.1) is 17.8 Å². The van der Waals surface area contributed by atoms with Crippen LogP contribution in [0.25, 0.3) is 0 Å². The van der Waals surface area contributed by atoms with Crippen LogP contribution in [0.2, 0.25) is 0 Å². The van der Waals surface area contributed by atoms with Crippen LogP contribution in [-0.4, -0.2) is 23.9 Å². The second kappa shape index (κ2) is 6.91. The Bertz CT molecular complexity index is 227. The number of aliphatic hydroxyl groups is 1. The van der Waals surface area contributed by atoms with Crippen LogP contribution < -0.4 is 0 Å². The molecule has 106 valence electrons. The Balaban J connectivity index is 1.65. The van der Waals surface area contributed by atoms with E-state index in [0.29, 0.717) is 17.9 Å². The van der Waals surface area contributed by atoms with E-state index >= 15 is 0 Å². The van der Waals surface area contributed by atoms with Gasteiger partial charge in [0.2, 0.25) is 0 Å². The van der Waals surface area contributed by atoms with E-state index in [9.17, 15) is 5.11 Å². The van der Waals surface area contributed by atoms with Crippen molar-refractivity contribution in [2.24, 2.45) is 17.8 Å². The predicted molar refractivity (Wildman–Crippen MR) is 74.5 cm³/mol. The Labute approximate surface area is 112 Å². The van der Waals surface area contributed by atoms with Gasteiger partial charge in [-0.1, -0.05) is 46.0 Å². The smallest absolute Gasteiger partial charge is 0.0841 e. The highest BCUT2D eigenvalue weighted by Crippen LogP contribution is 2.33. The highest BCUT2D eigenvalue weighted by atomic mass is 16.6. The van der Waals surface area contributed by atoms with Crippen LogP contribution in [0.5, 0.6) is 0 Å². The van der Waals surface area contributed by atoms with E-state index in [1.807, 2.05) is 0 Å². The predicted octanol–water partition coefficient (Wildman–Crippen LogP) is 3.77. The van der Waals surface area contributed by atoms with E-state index in [0.717, 1.165) is 25.4 Å². The van der Waals surface area contributed by atoms with Gasteiger partial charge in [-0.25, -0.2) is 0 Å². The largest absolute Gasteiger partial charge is 0.393 e. The monoisotopic (exact) mass is 254 g/mol. The lowest BCUT2D eigenvalue weighted by atomic mass is 9.83. The molecular weight excluding hydrogens is 224 g/mol. The number of rotatable bonds is 7. The first-order chi connectivity index (χ1) is 8.66. The number of epoxide rings is 1. The van der Waals surface area contributed by atoms with Crippen molar-refractivity contribution < 1.29 is 9.84 Å².